The molecule has 0 aliphatic heterocycles. The Kier molecular flexibility index (Phi) is 2.98. The molecule has 0 aromatic carbocycles. The van der Waals surface area contributed by atoms with E-state index >= 15 is 0 Å². The van der Waals surface area contributed by atoms with Gasteiger partial charge in [0.1, 0.15) is 5.69 Å². The molecule has 0 saturated carbocycles. The van der Waals surface area contributed by atoms with Crippen molar-refractivity contribution >= 4 is 9.24 Å². The molecule has 1 aromatic heterocycles. The lowest BCUT2D eigenvalue weighted by Gasteiger charge is -2.04. The number of rotatable bonds is 3. The fourth-order valence-corrected chi connectivity index (χ4v) is 1.14. The minimum atomic E-state index is -2.99. The summed E-state index contributed by atoms with van der Waals surface area (Å²) < 4.78 is 26.8. The Morgan fingerprint density at radius 1 is 1.69 bits per heavy atom. The van der Waals surface area contributed by atoms with E-state index in [0.717, 1.165) is 0 Å². The Balaban J connectivity index is 2.95. The molecule has 0 saturated heterocycles. The van der Waals surface area contributed by atoms with E-state index in [1.807, 2.05) is 0 Å². The van der Waals surface area contributed by atoms with Crippen LogP contribution in [0.25, 0.3) is 0 Å². The summed E-state index contributed by atoms with van der Waals surface area (Å²) in [5.74, 6) is 0. The molecule has 13 heavy (non-hydrogen) atoms. The van der Waals surface area contributed by atoms with Crippen molar-refractivity contribution in [2.75, 3.05) is 6.61 Å². The number of halogens is 2. The molecule has 0 spiro atoms. The molecular weight excluding hydrogens is 197 g/mol. The van der Waals surface area contributed by atoms with Gasteiger partial charge in [0.15, 0.2) is 0 Å². The molecule has 1 atom stereocenters. The first-order chi connectivity index (χ1) is 5.95. The normalized spacial score (nSPS) is 12.1. The van der Waals surface area contributed by atoms with Crippen LogP contribution in [0.1, 0.15) is 11.4 Å². The van der Waals surface area contributed by atoms with Gasteiger partial charge in [-0.1, -0.05) is 9.24 Å². The summed E-state index contributed by atoms with van der Waals surface area (Å²) in [5.41, 5.74) is -2.67. The number of aliphatic hydroxyl groups is 1. The van der Waals surface area contributed by atoms with Gasteiger partial charge in [-0.25, -0.2) is 0 Å². The monoisotopic (exact) mass is 208 g/mol. The Bertz CT molecular complexity index is 295. The second-order valence-electron chi connectivity index (χ2n) is 2.74. The molecule has 1 aromatic rings. The van der Waals surface area contributed by atoms with Gasteiger partial charge in [0.2, 0.25) is 0 Å². The third-order valence-corrected chi connectivity index (χ3v) is 1.93. The topological polar surface area (TPSA) is 38.0 Å². The van der Waals surface area contributed by atoms with E-state index in [0.29, 0.717) is 5.69 Å². The average molecular weight is 208 g/mol. The van der Waals surface area contributed by atoms with Gasteiger partial charge in [-0.05, 0) is 13.0 Å². The molecule has 1 rings (SSSR count). The van der Waals surface area contributed by atoms with E-state index < -0.39 is 5.66 Å². The lowest BCUT2D eigenvalue weighted by atomic mass is 10.4. The summed E-state index contributed by atoms with van der Waals surface area (Å²) in [5, 5.41) is 12.3. The molecule has 6 heteroatoms. The van der Waals surface area contributed by atoms with Crippen molar-refractivity contribution in [1.82, 2.24) is 9.78 Å². The number of aliphatic hydroxyl groups excluding tert-OH is 1. The minimum absolute atomic E-state index is 0.107. The number of hydrogen-bond donors (Lipinski definition) is 1. The minimum Gasteiger partial charge on any atom is -0.394 e. The molecule has 3 nitrogen and oxygen atoms in total. The summed E-state index contributed by atoms with van der Waals surface area (Å²) in [4.78, 5) is 0. The number of nitrogens with zero attached hydrogens (tertiary/aromatic N) is 2. The maximum Gasteiger partial charge on any atom is 0.302 e. The molecule has 0 bridgehead atoms. The van der Waals surface area contributed by atoms with Gasteiger partial charge < -0.3 is 5.11 Å². The number of aromatic nitrogens is 2. The van der Waals surface area contributed by atoms with Crippen LogP contribution < -0.4 is 0 Å². The Morgan fingerprint density at radius 2 is 2.31 bits per heavy atom. The zero-order chi connectivity index (χ0) is 10.1. The third kappa shape index (κ3) is 2.45. The first-order valence-corrected chi connectivity index (χ1v) is 4.35. The first kappa shape index (κ1) is 10.5. The van der Waals surface area contributed by atoms with E-state index in [-0.39, 0.29) is 18.8 Å². The van der Waals surface area contributed by atoms with E-state index in [1.54, 1.807) is 6.92 Å². The maximum absolute atomic E-state index is 12.7. The SMILES string of the molecule is Cc1cc(C(F)(F)P)nn1CCO. The van der Waals surface area contributed by atoms with Crippen LogP contribution >= 0.6 is 9.24 Å². The van der Waals surface area contributed by atoms with Crippen LogP contribution in [0.2, 0.25) is 0 Å². The van der Waals surface area contributed by atoms with Gasteiger partial charge in [0.25, 0.3) is 0 Å². The molecule has 0 aliphatic carbocycles. The summed E-state index contributed by atoms with van der Waals surface area (Å²) in [6, 6.07) is 1.31. The fourth-order valence-electron chi connectivity index (χ4n) is 0.994. The molecule has 0 radical (unpaired) electrons. The Morgan fingerprint density at radius 3 is 2.69 bits per heavy atom. The van der Waals surface area contributed by atoms with Crippen LogP contribution in [0.5, 0.6) is 0 Å². The lowest BCUT2D eigenvalue weighted by molar-refractivity contribution is 0.0974. The van der Waals surface area contributed by atoms with Gasteiger partial charge in [0.05, 0.1) is 13.2 Å². The fraction of sp³-hybridized carbons (Fsp3) is 0.571. The largest absolute Gasteiger partial charge is 0.394 e. The molecular formula is C7H11F2N2OP. The van der Waals surface area contributed by atoms with Crippen molar-refractivity contribution in [3.8, 4) is 0 Å². The Hall–Kier alpha value is -0.540. The second-order valence-corrected chi connectivity index (χ2v) is 3.47. The first-order valence-electron chi connectivity index (χ1n) is 3.77. The van der Waals surface area contributed by atoms with E-state index in [2.05, 4.69) is 5.10 Å². The second kappa shape index (κ2) is 3.68. The van der Waals surface area contributed by atoms with Gasteiger partial charge in [-0.2, -0.15) is 13.9 Å². The quantitative estimate of drug-likeness (QED) is 0.755. The van der Waals surface area contributed by atoms with Gasteiger partial charge in [-0.3, -0.25) is 4.68 Å². The zero-order valence-electron chi connectivity index (χ0n) is 7.17. The molecule has 0 fully saturated rings. The average Bonchev–Trinajstić information content (AvgIpc) is 2.32. The molecule has 0 amide bonds. The predicted molar refractivity (Wildman–Crippen MR) is 47.7 cm³/mol. The van der Waals surface area contributed by atoms with E-state index in [9.17, 15) is 8.78 Å². The summed E-state index contributed by atoms with van der Waals surface area (Å²) in [6.07, 6.45) is 0. The highest BCUT2D eigenvalue weighted by molar-refractivity contribution is 7.17. The molecule has 0 aliphatic rings. The zero-order valence-corrected chi connectivity index (χ0v) is 8.32. The summed E-state index contributed by atoms with van der Waals surface area (Å²) in [6.45, 7) is 1.81. The van der Waals surface area contributed by atoms with Crippen molar-refractivity contribution in [3.05, 3.63) is 17.5 Å². The van der Waals surface area contributed by atoms with Crippen molar-refractivity contribution in [1.29, 1.82) is 0 Å². The van der Waals surface area contributed by atoms with Gasteiger partial charge in [-0.15, -0.1) is 0 Å². The number of aryl methyl sites for hydroxylation is 1. The van der Waals surface area contributed by atoms with Gasteiger partial charge in [0, 0.05) is 5.69 Å². The van der Waals surface area contributed by atoms with E-state index in [4.69, 9.17) is 5.11 Å². The highest BCUT2D eigenvalue weighted by atomic mass is 31.0. The van der Waals surface area contributed by atoms with E-state index in [1.165, 1.54) is 20.0 Å². The van der Waals surface area contributed by atoms with Crippen LogP contribution in [0.15, 0.2) is 6.07 Å². The van der Waals surface area contributed by atoms with Crippen molar-refractivity contribution in [2.45, 2.75) is 19.1 Å². The van der Waals surface area contributed by atoms with Crippen molar-refractivity contribution in [2.24, 2.45) is 0 Å². The third-order valence-electron chi connectivity index (χ3n) is 1.63. The Labute approximate surface area is 77.0 Å². The van der Waals surface area contributed by atoms with Crippen LogP contribution in [0.4, 0.5) is 8.78 Å². The van der Waals surface area contributed by atoms with Crippen molar-refractivity contribution in [3.63, 3.8) is 0 Å². The predicted octanol–water partition coefficient (Wildman–Crippen LogP) is 1.11. The molecule has 74 valence electrons. The summed E-state index contributed by atoms with van der Waals surface area (Å²) in [7, 11) is 1.43. The highest BCUT2D eigenvalue weighted by Crippen LogP contribution is 2.33. The standard InChI is InChI=1S/C7H11F2N2OP/c1-5-4-6(7(8,9)13)10-11(5)2-3-12/h4,12H,2-3,13H2,1H3. The van der Waals surface area contributed by atoms with Crippen molar-refractivity contribution < 1.29 is 13.9 Å². The molecule has 1 N–H and O–H groups in total. The highest BCUT2D eigenvalue weighted by Gasteiger charge is 2.28. The number of alkyl halides is 2. The van der Waals surface area contributed by atoms with Crippen LogP contribution in [-0.2, 0) is 12.2 Å². The van der Waals surface area contributed by atoms with Crippen LogP contribution in [-0.4, -0.2) is 21.5 Å². The van der Waals surface area contributed by atoms with Gasteiger partial charge >= 0.3 is 5.66 Å². The summed E-state index contributed by atoms with van der Waals surface area (Å²) >= 11 is 0. The lowest BCUT2D eigenvalue weighted by Crippen LogP contribution is -2.08. The molecule has 1 unspecified atom stereocenters. The maximum atomic E-state index is 12.7. The number of hydrogen-bond acceptors (Lipinski definition) is 2. The van der Waals surface area contributed by atoms with Crippen LogP contribution in [0, 0.1) is 6.92 Å². The molecule has 1 heterocycles. The van der Waals surface area contributed by atoms with Crippen LogP contribution in [0.3, 0.4) is 0 Å². The smallest absolute Gasteiger partial charge is 0.302 e.